The van der Waals surface area contributed by atoms with Crippen LogP contribution in [-0.4, -0.2) is 13.7 Å². The minimum absolute atomic E-state index is 0.301. The topological polar surface area (TPSA) is 21.3 Å². The average molecular weight is 302 g/mol. The largest absolute Gasteiger partial charge is 0.501 e. The van der Waals surface area contributed by atoms with Crippen LogP contribution in [0.2, 0.25) is 0 Å². The first kappa shape index (κ1) is 12.1. The Bertz CT molecular complexity index is 380. The molecule has 88 valence electrons. The molecule has 1 atom stereocenters. The monoisotopic (exact) mass is 301 g/mol. The van der Waals surface area contributed by atoms with Crippen LogP contribution in [0, 0.1) is 6.92 Å². The predicted octanol–water partition coefficient (Wildman–Crippen LogP) is 3.77. The van der Waals surface area contributed by atoms with E-state index < -0.39 is 0 Å². The van der Waals surface area contributed by atoms with Crippen LogP contribution in [0.5, 0.6) is 0 Å². The van der Waals surface area contributed by atoms with Crippen molar-refractivity contribution in [2.24, 2.45) is 0 Å². The molecule has 0 saturated carbocycles. The van der Waals surface area contributed by atoms with Crippen molar-refractivity contribution in [2.45, 2.75) is 25.8 Å². The fourth-order valence-corrected chi connectivity index (χ4v) is 3.66. The zero-order chi connectivity index (χ0) is 11.5. The number of ether oxygens (including phenoxy) is 1. The number of hydrogen-bond acceptors (Lipinski definition) is 3. The van der Waals surface area contributed by atoms with Crippen molar-refractivity contribution < 1.29 is 4.74 Å². The molecule has 1 aromatic heterocycles. The molecular formula is C12H16BrNOS. The Labute approximate surface area is 109 Å². The van der Waals surface area contributed by atoms with Crippen molar-refractivity contribution in [3.05, 3.63) is 32.1 Å². The summed E-state index contributed by atoms with van der Waals surface area (Å²) in [4.78, 5) is 1.35. The third-order valence-corrected chi connectivity index (χ3v) is 4.98. The summed E-state index contributed by atoms with van der Waals surface area (Å²) in [7, 11) is 2.00. The van der Waals surface area contributed by atoms with E-state index in [0.717, 1.165) is 19.4 Å². The van der Waals surface area contributed by atoms with Crippen LogP contribution < -0.4 is 5.32 Å². The molecule has 0 saturated heterocycles. The van der Waals surface area contributed by atoms with Crippen LogP contribution in [-0.2, 0) is 4.74 Å². The van der Waals surface area contributed by atoms with Crippen molar-refractivity contribution >= 4 is 27.3 Å². The number of thiophene rings is 1. The molecule has 16 heavy (non-hydrogen) atoms. The molecule has 0 aromatic carbocycles. The zero-order valence-corrected chi connectivity index (χ0v) is 12.0. The first-order chi connectivity index (χ1) is 7.72. The number of nitrogens with one attached hydrogen (secondary N) is 1. The summed E-state index contributed by atoms with van der Waals surface area (Å²) in [5, 5.41) is 3.37. The Hall–Kier alpha value is -0.320. The van der Waals surface area contributed by atoms with Gasteiger partial charge in [0.25, 0.3) is 0 Å². The molecule has 1 N–H and O–H groups in total. The van der Waals surface area contributed by atoms with Gasteiger partial charge < -0.3 is 10.1 Å². The van der Waals surface area contributed by atoms with E-state index in [0.29, 0.717) is 6.04 Å². The maximum absolute atomic E-state index is 5.41. The Morgan fingerprint density at radius 2 is 2.38 bits per heavy atom. The van der Waals surface area contributed by atoms with Crippen LogP contribution in [0.25, 0.3) is 0 Å². The maximum Gasteiger partial charge on any atom is 0.0876 e. The molecule has 0 bridgehead atoms. The Morgan fingerprint density at radius 1 is 1.56 bits per heavy atom. The molecule has 4 heteroatoms. The van der Waals surface area contributed by atoms with Gasteiger partial charge in [-0.25, -0.2) is 0 Å². The van der Waals surface area contributed by atoms with E-state index in [1.54, 1.807) is 11.3 Å². The molecule has 1 aromatic rings. The lowest BCUT2D eigenvalue weighted by molar-refractivity contribution is 0.220. The number of aryl methyl sites for hydroxylation is 1. The molecule has 1 unspecified atom stereocenters. The molecule has 2 rings (SSSR count). The summed E-state index contributed by atoms with van der Waals surface area (Å²) >= 11 is 5.38. The van der Waals surface area contributed by atoms with Crippen molar-refractivity contribution in [3.8, 4) is 0 Å². The fourth-order valence-electron chi connectivity index (χ4n) is 1.93. The summed E-state index contributed by atoms with van der Waals surface area (Å²) in [6, 6.07) is 2.54. The second-order valence-corrected chi connectivity index (χ2v) is 6.40. The number of hydrogen-bond donors (Lipinski definition) is 1. The van der Waals surface area contributed by atoms with Crippen molar-refractivity contribution in [2.75, 3.05) is 13.7 Å². The van der Waals surface area contributed by atoms with E-state index >= 15 is 0 Å². The minimum Gasteiger partial charge on any atom is -0.501 e. The van der Waals surface area contributed by atoms with Gasteiger partial charge in [-0.2, -0.15) is 0 Å². The Kier molecular flexibility index (Phi) is 4.05. The van der Waals surface area contributed by atoms with Crippen molar-refractivity contribution in [1.82, 2.24) is 5.32 Å². The molecule has 1 aliphatic heterocycles. The van der Waals surface area contributed by atoms with E-state index in [1.807, 2.05) is 13.3 Å². The van der Waals surface area contributed by atoms with Crippen molar-refractivity contribution in [1.29, 1.82) is 0 Å². The van der Waals surface area contributed by atoms with Gasteiger partial charge in [0.05, 0.1) is 22.7 Å². The van der Waals surface area contributed by atoms with Crippen LogP contribution >= 0.6 is 27.3 Å². The molecule has 0 amide bonds. The lowest BCUT2D eigenvalue weighted by atomic mass is 10.0. The molecule has 0 aliphatic carbocycles. The first-order valence-electron chi connectivity index (χ1n) is 5.46. The van der Waals surface area contributed by atoms with E-state index in [2.05, 4.69) is 34.2 Å². The van der Waals surface area contributed by atoms with E-state index in [4.69, 9.17) is 4.74 Å². The van der Waals surface area contributed by atoms with Crippen LogP contribution in [0.4, 0.5) is 0 Å². The summed E-state index contributed by atoms with van der Waals surface area (Å²) < 4.78 is 6.64. The second-order valence-electron chi connectivity index (χ2n) is 3.99. The van der Waals surface area contributed by atoms with Gasteiger partial charge in [-0.3, -0.25) is 0 Å². The van der Waals surface area contributed by atoms with Gasteiger partial charge in [0, 0.05) is 4.88 Å². The summed E-state index contributed by atoms with van der Waals surface area (Å²) in [5.74, 6) is 0. The summed E-state index contributed by atoms with van der Waals surface area (Å²) in [6.45, 7) is 2.98. The lowest BCUT2D eigenvalue weighted by Crippen LogP contribution is -2.19. The summed E-state index contributed by atoms with van der Waals surface area (Å²) in [5.41, 5.74) is 2.65. The molecule has 1 aliphatic rings. The molecule has 0 spiro atoms. The highest BCUT2D eigenvalue weighted by molar-refractivity contribution is 9.11. The predicted molar refractivity (Wildman–Crippen MR) is 71.8 cm³/mol. The third kappa shape index (κ3) is 2.50. The highest BCUT2D eigenvalue weighted by Gasteiger charge is 2.19. The quantitative estimate of drug-likeness (QED) is 0.917. The second kappa shape index (κ2) is 5.34. The van der Waals surface area contributed by atoms with E-state index in [9.17, 15) is 0 Å². The van der Waals surface area contributed by atoms with Crippen LogP contribution in [0.1, 0.15) is 29.3 Å². The van der Waals surface area contributed by atoms with Gasteiger partial charge in [-0.1, -0.05) is 0 Å². The smallest absolute Gasteiger partial charge is 0.0876 e. The van der Waals surface area contributed by atoms with Gasteiger partial charge in [0.15, 0.2) is 0 Å². The maximum atomic E-state index is 5.41. The highest BCUT2D eigenvalue weighted by Crippen LogP contribution is 2.36. The van der Waals surface area contributed by atoms with Gasteiger partial charge >= 0.3 is 0 Å². The minimum atomic E-state index is 0.301. The van der Waals surface area contributed by atoms with Gasteiger partial charge in [-0.15, -0.1) is 11.3 Å². The molecule has 2 nitrogen and oxygen atoms in total. The van der Waals surface area contributed by atoms with Crippen LogP contribution in [0.15, 0.2) is 21.7 Å². The highest BCUT2D eigenvalue weighted by atomic mass is 79.9. The average Bonchev–Trinajstić information content (AvgIpc) is 2.61. The molecule has 0 fully saturated rings. The number of halogens is 1. The fraction of sp³-hybridized carbons (Fsp3) is 0.500. The Morgan fingerprint density at radius 3 is 2.88 bits per heavy atom. The third-order valence-electron chi connectivity index (χ3n) is 2.78. The van der Waals surface area contributed by atoms with Gasteiger partial charge in [0.2, 0.25) is 0 Å². The first-order valence-corrected chi connectivity index (χ1v) is 7.07. The van der Waals surface area contributed by atoms with Crippen LogP contribution in [0.3, 0.4) is 0 Å². The van der Waals surface area contributed by atoms with Gasteiger partial charge in [-0.05, 0) is 59.9 Å². The van der Waals surface area contributed by atoms with Gasteiger partial charge in [0.1, 0.15) is 0 Å². The standard InChI is InChI=1S/C12H16BrNOS/c1-8-6-10(16-12(8)13)11(14-2)9-4-3-5-15-7-9/h6-7,11,14H,3-5H2,1-2H3. The molecular weight excluding hydrogens is 286 g/mol. The zero-order valence-electron chi connectivity index (χ0n) is 9.55. The normalized spacial score (nSPS) is 17.8. The van der Waals surface area contributed by atoms with E-state index in [1.165, 1.54) is 19.8 Å². The lowest BCUT2D eigenvalue weighted by Gasteiger charge is -2.21. The molecule has 0 radical (unpaired) electrons. The Balaban J connectivity index is 2.24. The SMILES string of the molecule is CNC(C1=COCCC1)c1cc(C)c(Br)s1. The molecule has 2 heterocycles. The number of likely N-dealkylation sites (N-methyl/N-ethyl adjacent to an activating group) is 1. The summed E-state index contributed by atoms with van der Waals surface area (Å²) in [6.07, 6.45) is 4.17. The van der Waals surface area contributed by atoms with E-state index in [-0.39, 0.29) is 0 Å². The van der Waals surface area contributed by atoms with Crippen molar-refractivity contribution in [3.63, 3.8) is 0 Å². The number of rotatable bonds is 3.